The third-order valence-electron chi connectivity index (χ3n) is 5.08. The zero-order chi connectivity index (χ0) is 21.0. The second kappa shape index (κ2) is 12.2. The molecule has 0 aliphatic heterocycles. The Morgan fingerprint density at radius 1 is 1.07 bits per heavy atom. The molecule has 0 amide bonds. The van der Waals surface area contributed by atoms with Crippen LogP contribution in [-0.2, 0) is 6.42 Å². The largest absolute Gasteiger partial charge is 0.490 e. The third kappa shape index (κ3) is 7.34. The molecule has 2 aromatic rings. The first-order valence-electron chi connectivity index (χ1n) is 10.8. The van der Waals surface area contributed by atoms with Crippen LogP contribution >= 0.6 is 12.2 Å². The number of ether oxygens (including phenoxy) is 2. The maximum Gasteiger partial charge on any atom is 0.187 e. The van der Waals surface area contributed by atoms with Crippen molar-refractivity contribution in [1.29, 1.82) is 0 Å². The van der Waals surface area contributed by atoms with Gasteiger partial charge in [0.15, 0.2) is 16.6 Å². The first kappa shape index (κ1) is 22.1. The van der Waals surface area contributed by atoms with Gasteiger partial charge in [0.1, 0.15) is 0 Å². The van der Waals surface area contributed by atoms with Gasteiger partial charge in [-0.25, -0.2) is 0 Å². The molecule has 0 aromatic heterocycles. The Bertz CT molecular complexity index is 820. The van der Waals surface area contributed by atoms with Crippen LogP contribution in [0.3, 0.4) is 0 Å². The number of benzene rings is 2. The summed E-state index contributed by atoms with van der Waals surface area (Å²) in [5, 5.41) is 8.18. The number of hydrogen-bond donors (Lipinski definition) is 2. The van der Waals surface area contributed by atoms with E-state index in [0.717, 1.165) is 23.5 Å². The van der Waals surface area contributed by atoms with Crippen LogP contribution < -0.4 is 20.2 Å². The maximum atomic E-state index is 5.96. The monoisotopic (exact) mass is 425 g/mol. The summed E-state index contributed by atoms with van der Waals surface area (Å²) < 4.78 is 11.7. The minimum atomic E-state index is 0.464. The Hall–Kier alpha value is -2.60. The lowest BCUT2D eigenvalue weighted by Gasteiger charge is -2.23. The molecular formula is C24H31N3O2S. The van der Waals surface area contributed by atoms with Crippen molar-refractivity contribution in [1.82, 2.24) is 10.7 Å². The van der Waals surface area contributed by atoms with Crippen molar-refractivity contribution in [2.24, 2.45) is 5.10 Å². The molecule has 0 radical (unpaired) electrons. The van der Waals surface area contributed by atoms with Gasteiger partial charge >= 0.3 is 0 Å². The molecular weight excluding hydrogens is 394 g/mol. The van der Waals surface area contributed by atoms with E-state index in [1.807, 2.05) is 43.3 Å². The molecule has 1 aliphatic carbocycles. The van der Waals surface area contributed by atoms with E-state index in [-0.39, 0.29) is 0 Å². The van der Waals surface area contributed by atoms with E-state index < -0.39 is 0 Å². The average molecular weight is 426 g/mol. The number of nitrogens with one attached hydrogen (secondary N) is 2. The van der Waals surface area contributed by atoms with Crippen molar-refractivity contribution in [3.63, 3.8) is 0 Å². The van der Waals surface area contributed by atoms with Gasteiger partial charge in [0.25, 0.3) is 0 Å². The average Bonchev–Trinajstić information content (AvgIpc) is 2.77. The smallest absolute Gasteiger partial charge is 0.187 e. The van der Waals surface area contributed by atoms with Crippen molar-refractivity contribution < 1.29 is 9.47 Å². The summed E-state index contributed by atoms with van der Waals surface area (Å²) in [7, 11) is 0. The Morgan fingerprint density at radius 2 is 1.87 bits per heavy atom. The first-order valence-corrected chi connectivity index (χ1v) is 11.2. The molecule has 3 rings (SSSR count). The minimum Gasteiger partial charge on any atom is -0.490 e. The van der Waals surface area contributed by atoms with Crippen molar-refractivity contribution in [3.8, 4) is 11.5 Å². The van der Waals surface area contributed by atoms with Gasteiger partial charge in [-0.15, -0.1) is 0 Å². The van der Waals surface area contributed by atoms with Crippen LogP contribution in [0.1, 0.15) is 50.2 Å². The molecule has 0 atom stereocenters. The number of hydrazone groups is 1. The Kier molecular flexibility index (Phi) is 8.97. The standard InChI is InChI=1S/C24H31N3O2S/c1-2-28-23-17-20(18-25-27-24(30)26-21-11-7-4-8-12-21)13-14-22(23)29-16-15-19-9-5-3-6-10-19/h3,5-6,9-10,13-14,17-18,21H,2,4,7-8,11-12,15-16H2,1H3,(H2,26,27,30)/b25-18+. The number of rotatable bonds is 9. The lowest BCUT2D eigenvalue weighted by Crippen LogP contribution is -2.40. The predicted octanol–water partition coefficient (Wildman–Crippen LogP) is 4.84. The number of nitrogens with zero attached hydrogens (tertiary/aromatic N) is 1. The molecule has 0 bridgehead atoms. The topological polar surface area (TPSA) is 54.9 Å². The molecule has 1 fully saturated rings. The predicted molar refractivity (Wildman–Crippen MR) is 127 cm³/mol. The molecule has 0 saturated heterocycles. The van der Waals surface area contributed by atoms with Gasteiger partial charge in [-0.1, -0.05) is 49.6 Å². The molecule has 0 heterocycles. The SMILES string of the molecule is CCOc1cc(/C=N/NC(=S)NC2CCCCC2)ccc1OCCc1ccccc1. The quantitative estimate of drug-likeness (QED) is 0.342. The second-order valence-corrected chi connectivity index (χ2v) is 7.81. The van der Waals surface area contributed by atoms with E-state index in [1.54, 1.807) is 6.21 Å². The number of hydrogen-bond acceptors (Lipinski definition) is 4. The summed E-state index contributed by atoms with van der Waals surface area (Å²) in [6, 6.07) is 16.6. The van der Waals surface area contributed by atoms with E-state index >= 15 is 0 Å². The maximum absolute atomic E-state index is 5.96. The van der Waals surface area contributed by atoms with Gasteiger partial charge in [-0.3, -0.25) is 5.43 Å². The highest BCUT2D eigenvalue weighted by Crippen LogP contribution is 2.28. The third-order valence-corrected chi connectivity index (χ3v) is 5.29. The van der Waals surface area contributed by atoms with Gasteiger partial charge in [0, 0.05) is 12.5 Å². The lowest BCUT2D eigenvalue weighted by molar-refractivity contribution is 0.279. The normalized spacial score (nSPS) is 14.4. The van der Waals surface area contributed by atoms with Gasteiger partial charge in [-0.2, -0.15) is 5.10 Å². The van der Waals surface area contributed by atoms with E-state index in [2.05, 4.69) is 28.0 Å². The van der Waals surface area contributed by atoms with Crippen molar-refractivity contribution in [2.45, 2.75) is 51.5 Å². The summed E-state index contributed by atoms with van der Waals surface area (Å²) >= 11 is 5.35. The van der Waals surface area contributed by atoms with Crippen molar-refractivity contribution in [3.05, 3.63) is 59.7 Å². The van der Waals surface area contributed by atoms with E-state index in [9.17, 15) is 0 Å². The number of thiocarbonyl (C=S) groups is 1. The molecule has 1 aliphatic rings. The molecule has 2 N–H and O–H groups in total. The summed E-state index contributed by atoms with van der Waals surface area (Å²) in [5.41, 5.74) is 5.09. The highest BCUT2D eigenvalue weighted by Gasteiger charge is 2.13. The van der Waals surface area contributed by atoms with Crippen LogP contribution in [0, 0.1) is 0 Å². The highest BCUT2D eigenvalue weighted by atomic mass is 32.1. The molecule has 2 aromatic carbocycles. The summed E-state index contributed by atoms with van der Waals surface area (Å²) in [6.45, 7) is 3.13. The van der Waals surface area contributed by atoms with Crippen LogP contribution in [0.25, 0.3) is 0 Å². The second-order valence-electron chi connectivity index (χ2n) is 7.40. The van der Waals surface area contributed by atoms with Crippen molar-refractivity contribution >= 4 is 23.5 Å². The lowest BCUT2D eigenvalue weighted by atomic mass is 9.96. The van der Waals surface area contributed by atoms with Gasteiger partial charge in [0.05, 0.1) is 19.4 Å². The fourth-order valence-electron chi connectivity index (χ4n) is 3.55. The zero-order valence-corrected chi connectivity index (χ0v) is 18.4. The first-order chi connectivity index (χ1) is 14.7. The molecule has 0 spiro atoms. The van der Waals surface area contributed by atoms with Gasteiger partial charge in [0.2, 0.25) is 0 Å². The molecule has 5 nitrogen and oxygen atoms in total. The molecule has 1 saturated carbocycles. The van der Waals surface area contributed by atoms with Crippen LogP contribution in [0.5, 0.6) is 11.5 Å². The van der Waals surface area contributed by atoms with Crippen LogP contribution in [0.15, 0.2) is 53.6 Å². The molecule has 0 unspecified atom stereocenters. The minimum absolute atomic E-state index is 0.464. The van der Waals surface area contributed by atoms with E-state index in [4.69, 9.17) is 21.7 Å². The van der Waals surface area contributed by atoms with Crippen LogP contribution in [-0.4, -0.2) is 30.6 Å². The summed E-state index contributed by atoms with van der Waals surface area (Å²) in [5.74, 6) is 1.46. The summed E-state index contributed by atoms with van der Waals surface area (Å²) in [6.07, 6.45) is 8.80. The van der Waals surface area contributed by atoms with Crippen LogP contribution in [0.2, 0.25) is 0 Å². The Labute approximate surface area is 184 Å². The Balaban J connectivity index is 1.51. The Morgan fingerprint density at radius 3 is 2.63 bits per heavy atom. The van der Waals surface area contributed by atoms with Crippen LogP contribution in [0.4, 0.5) is 0 Å². The molecule has 6 heteroatoms. The molecule has 160 valence electrons. The van der Waals surface area contributed by atoms with Crippen molar-refractivity contribution in [2.75, 3.05) is 13.2 Å². The van der Waals surface area contributed by atoms with Gasteiger partial charge in [-0.05, 0) is 61.3 Å². The van der Waals surface area contributed by atoms with E-state index in [1.165, 1.54) is 37.7 Å². The highest BCUT2D eigenvalue weighted by molar-refractivity contribution is 7.80. The fraction of sp³-hybridized carbons (Fsp3) is 0.417. The zero-order valence-electron chi connectivity index (χ0n) is 17.6. The van der Waals surface area contributed by atoms with Gasteiger partial charge < -0.3 is 14.8 Å². The summed E-state index contributed by atoms with van der Waals surface area (Å²) in [4.78, 5) is 0. The van der Waals surface area contributed by atoms with E-state index in [0.29, 0.717) is 24.4 Å². The molecule has 30 heavy (non-hydrogen) atoms. The fourth-order valence-corrected chi connectivity index (χ4v) is 3.77.